The lowest BCUT2D eigenvalue weighted by molar-refractivity contribution is 0.154. The highest BCUT2D eigenvalue weighted by atomic mass is 16.5. The number of piperidine rings is 1. The van der Waals surface area contributed by atoms with E-state index in [1.165, 1.54) is 64.9 Å². The van der Waals surface area contributed by atoms with Crippen LogP contribution in [0.25, 0.3) is 0 Å². The highest BCUT2D eigenvalue weighted by Gasteiger charge is 2.26. The predicted molar refractivity (Wildman–Crippen MR) is 148 cm³/mol. The molecule has 0 aromatic heterocycles. The Labute approximate surface area is 214 Å². The van der Waals surface area contributed by atoms with Crippen LogP contribution in [0, 0.1) is 32.6 Å². The molecule has 4 rings (SSSR count). The van der Waals surface area contributed by atoms with Crippen molar-refractivity contribution >= 4 is 0 Å². The summed E-state index contributed by atoms with van der Waals surface area (Å²) in [6.45, 7) is 22.2. The van der Waals surface area contributed by atoms with E-state index in [2.05, 4.69) is 74.8 Å². The number of fused-ring (bicyclic) bond motifs is 1. The van der Waals surface area contributed by atoms with Crippen molar-refractivity contribution in [3.8, 4) is 5.75 Å². The molecule has 0 bridgehead atoms. The van der Waals surface area contributed by atoms with Crippen LogP contribution in [-0.4, -0.2) is 36.0 Å². The van der Waals surface area contributed by atoms with Gasteiger partial charge in [0.05, 0.1) is 6.61 Å². The monoisotopic (exact) mass is 474 g/mol. The van der Waals surface area contributed by atoms with Crippen LogP contribution in [0.4, 0.5) is 0 Å². The molecule has 1 unspecified atom stereocenters. The molecule has 2 aliphatic rings. The lowest BCUT2D eigenvalue weighted by Gasteiger charge is -2.39. The summed E-state index contributed by atoms with van der Waals surface area (Å²) in [4.78, 5) is 5.23. The third-order valence-corrected chi connectivity index (χ3v) is 7.95. The summed E-state index contributed by atoms with van der Waals surface area (Å²) < 4.78 is 6.09. The zero-order valence-corrected chi connectivity index (χ0v) is 22.8. The van der Waals surface area contributed by atoms with Gasteiger partial charge in [0.25, 0.3) is 0 Å². The second kappa shape index (κ2) is 11.6. The van der Waals surface area contributed by atoms with Crippen LogP contribution >= 0.6 is 0 Å². The molecule has 0 aliphatic carbocycles. The average Bonchev–Trinajstić information content (AvgIpc) is 3.07. The molecule has 0 amide bonds. The molecule has 2 aliphatic heterocycles. The largest absolute Gasteiger partial charge is 0.493 e. The summed E-state index contributed by atoms with van der Waals surface area (Å²) >= 11 is 0. The van der Waals surface area contributed by atoms with Crippen molar-refractivity contribution in [2.75, 3.05) is 26.2 Å². The number of likely N-dealkylation sites (tertiary alicyclic amines) is 1. The third kappa shape index (κ3) is 6.50. The zero-order chi connectivity index (χ0) is 24.9. The first kappa shape index (κ1) is 25.8. The van der Waals surface area contributed by atoms with Crippen LogP contribution in [0.3, 0.4) is 0 Å². The van der Waals surface area contributed by atoms with Gasteiger partial charge in [0, 0.05) is 37.8 Å². The molecule has 3 heteroatoms. The van der Waals surface area contributed by atoms with Gasteiger partial charge in [-0.2, -0.15) is 0 Å². The number of hydrogen-bond donors (Lipinski definition) is 0. The van der Waals surface area contributed by atoms with Gasteiger partial charge in [-0.05, 0) is 98.7 Å². The van der Waals surface area contributed by atoms with Gasteiger partial charge in [-0.15, -0.1) is 0 Å². The molecule has 2 heterocycles. The normalized spacial score (nSPS) is 18.6. The summed E-state index contributed by atoms with van der Waals surface area (Å²) in [5, 5.41) is 0. The van der Waals surface area contributed by atoms with Gasteiger partial charge >= 0.3 is 0 Å². The van der Waals surface area contributed by atoms with Crippen molar-refractivity contribution in [1.29, 1.82) is 0 Å². The fourth-order valence-electron chi connectivity index (χ4n) is 5.90. The highest BCUT2D eigenvalue weighted by molar-refractivity contribution is 5.45. The van der Waals surface area contributed by atoms with Crippen molar-refractivity contribution in [3.05, 3.63) is 76.0 Å². The molecule has 1 atom stereocenters. The molecule has 0 N–H and O–H groups in total. The maximum atomic E-state index is 6.09. The second-order valence-electron chi connectivity index (χ2n) is 11.4. The minimum absolute atomic E-state index is 0.526. The third-order valence-electron chi connectivity index (χ3n) is 7.95. The molecule has 190 valence electrons. The molecule has 2 aromatic rings. The molecule has 1 saturated heterocycles. The van der Waals surface area contributed by atoms with Gasteiger partial charge in [-0.3, -0.25) is 4.90 Å². The summed E-state index contributed by atoms with van der Waals surface area (Å²) in [6, 6.07) is 11.5. The number of ether oxygens (including phenoxy) is 1. The van der Waals surface area contributed by atoms with E-state index in [0.717, 1.165) is 51.4 Å². The van der Waals surface area contributed by atoms with Crippen molar-refractivity contribution in [2.45, 2.75) is 79.8 Å². The summed E-state index contributed by atoms with van der Waals surface area (Å²) in [5.41, 5.74) is 9.71. The Balaban J connectivity index is 1.48. The first-order valence-corrected chi connectivity index (χ1v) is 13.8. The van der Waals surface area contributed by atoms with Gasteiger partial charge in [-0.25, -0.2) is 0 Å². The summed E-state index contributed by atoms with van der Waals surface area (Å²) in [7, 11) is 0. The van der Waals surface area contributed by atoms with Crippen molar-refractivity contribution < 1.29 is 4.74 Å². The maximum absolute atomic E-state index is 6.09. The van der Waals surface area contributed by atoms with Crippen LogP contribution in [0.1, 0.15) is 72.9 Å². The number of aryl methyl sites for hydroxylation is 3. The highest BCUT2D eigenvalue weighted by Crippen LogP contribution is 2.32. The van der Waals surface area contributed by atoms with E-state index in [1.54, 1.807) is 0 Å². The molecule has 2 aromatic carbocycles. The predicted octanol–water partition coefficient (Wildman–Crippen LogP) is 7.21. The smallest absolute Gasteiger partial charge is 0.125 e. The second-order valence-corrected chi connectivity index (χ2v) is 11.4. The lowest BCUT2D eigenvalue weighted by Crippen LogP contribution is -2.40. The van der Waals surface area contributed by atoms with E-state index < -0.39 is 0 Å². The lowest BCUT2D eigenvalue weighted by atomic mass is 9.92. The van der Waals surface area contributed by atoms with Gasteiger partial charge in [0.15, 0.2) is 0 Å². The van der Waals surface area contributed by atoms with Crippen LogP contribution in [0.15, 0.2) is 42.6 Å². The van der Waals surface area contributed by atoms with Gasteiger partial charge in [-0.1, -0.05) is 50.8 Å². The Hall–Kier alpha value is -2.26. The van der Waals surface area contributed by atoms with Crippen molar-refractivity contribution in [3.63, 3.8) is 0 Å². The van der Waals surface area contributed by atoms with Gasteiger partial charge in [0.1, 0.15) is 5.75 Å². The standard InChI is InChI=1S/C32H46N2O/c1-23(2)19-34(20-28-17-25(4)32-29(18-28)12-7-8-16-35-32)27(6)31-14-10-15-33(22-31)21-30-13-9-11-24(3)26(30)5/h9,11,13,17-18,23,31H,6-8,10,12,14-16,19-22H2,1-5H3. The van der Waals surface area contributed by atoms with E-state index >= 15 is 0 Å². The van der Waals surface area contributed by atoms with E-state index in [-0.39, 0.29) is 0 Å². The molecule has 35 heavy (non-hydrogen) atoms. The number of hydrogen-bond acceptors (Lipinski definition) is 3. The number of nitrogens with zero attached hydrogens (tertiary/aromatic N) is 2. The molecular formula is C32H46N2O. The minimum Gasteiger partial charge on any atom is -0.493 e. The fourth-order valence-corrected chi connectivity index (χ4v) is 5.90. The van der Waals surface area contributed by atoms with Crippen molar-refractivity contribution in [2.24, 2.45) is 11.8 Å². The van der Waals surface area contributed by atoms with E-state index in [4.69, 9.17) is 11.3 Å². The average molecular weight is 475 g/mol. The first-order chi connectivity index (χ1) is 16.8. The topological polar surface area (TPSA) is 15.7 Å². The fraction of sp³-hybridized carbons (Fsp3) is 0.562. The molecule has 0 radical (unpaired) electrons. The Morgan fingerprint density at radius 3 is 2.74 bits per heavy atom. The zero-order valence-electron chi connectivity index (χ0n) is 22.8. The Bertz CT molecular complexity index is 1020. The SMILES string of the molecule is C=C(C1CCCN(Cc2cccc(C)c2C)C1)N(Cc1cc(C)c2c(c1)CCCCO2)CC(C)C. The number of benzene rings is 2. The Morgan fingerprint density at radius 1 is 1.11 bits per heavy atom. The molecule has 1 fully saturated rings. The van der Waals surface area contributed by atoms with E-state index in [0.29, 0.717) is 11.8 Å². The molecular weight excluding hydrogens is 428 g/mol. The van der Waals surface area contributed by atoms with Crippen LogP contribution in [0.2, 0.25) is 0 Å². The first-order valence-electron chi connectivity index (χ1n) is 13.8. The summed E-state index contributed by atoms with van der Waals surface area (Å²) in [6.07, 6.45) is 5.99. The maximum Gasteiger partial charge on any atom is 0.125 e. The Kier molecular flexibility index (Phi) is 8.59. The molecule has 0 saturated carbocycles. The minimum atomic E-state index is 0.526. The van der Waals surface area contributed by atoms with Gasteiger partial charge < -0.3 is 9.64 Å². The Morgan fingerprint density at radius 2 is 1.94 bits per heavy atom. The number of rotatable bonds is 8. The van der Waals surface area contributed by atoms with Crippen LogP contribution in [-0.2, 0) is 19.5 Å². The van der Waals surface area contributed by atoms with Crippen LogP contribution in [0.5, 0.6) is 5.75 Å². The molecule has 0 spiro atoms. The quantitative estimate of drug-likeness (QED) is 0.402. The molecule has 3 nitrogen and oxygen atoms in total. The van der Waals surface area contributed by atoms with Crippen molar-refractivity contribution in [1.82, 2.24) is 9.80 Å². The van der Waals surface area contributed by atoms with E-state index in [1.807, 2.05) is 0 Å². The van der Waals surface area contributed by atoms with Gasteiger partial charge in [0.2, 0.25) is 0 Å². The van der Waals surface area contributed by atoms with E-state index in [9.17, 15) is 0 Å². The summed E-state index contributed by atoms with van der Waals surface area (Å²) in [5.74, 6) is 2.26. The van der Waals surface area contributed by atoms with Crippen LogP contribution < -0.4 is 4.74 Å².